The molecule has 1 aromatic carbocycles. The highest BCUT2D eigenvalue weighted by Crippen LogP contribution is 2.31. The molecular weight excluding hydrogens is 268 g/mol. The van der Waals surface area contributed by atoms with Crippen LogP contribution >= 0.6 is 0 Å². The van der Waals surface area contributed by atoms with E-state index in [9.17, 15) is 14.7 Å². The third kappa shape index (κ3) is 2.63. The molecule has 0 bridgehead atoms. The number of benzene rings is 1. The lowest BCUT2D eigenvalue weighted by atomic mass is 9.74. The smallest absolute Gasteiger partial charge is 0.311 e. The maximum absolute atomic E-state index is 12.4. The SMILES string of the molecule is CC(C)(NC(=O)c1ccc2[nH]ccc2c1)C(C)(C)C(=O)O. The molecule has 0 fully saturated rings. The minimum Gasteiger partial charge on any atom is -0.481 e. The zero-order valence-electron chi connectivity index (χ0n) is 12.7. The van der Waals surface area contributed by atoms with E-state index >= 15 is 0 Å². The van der Waals surface area contributed by atoms with Crippen molar-refractivity contribution < 1.29 is 14.7 Å². The molecule has 3 N–H and O–H groups in total. The second-order valence-electron chi connectivity index (χ2n) is 6.29. The summed E-state index contributed by atoms with van der Waals surface area (Å²) in [6.07, 6.45) is 1.81. The van der Waals surface area contributed by atoms with Crippen molar-refractivity contribution in [3.05, 3.63) is 36.0 Å². The van der Waals surface area contributed by atoms with Gasteiger partial charge in [0.25, 0.3) is 5.91 Å². The number of aliphatic carboxylic acids is 1. The molecule has 112 valence electrons. The molecule has 2 aromatic rings. The minimum atomic E-state index is -1.08. The topological polar surface area (TPSA) is 82.2 Å². The summed E-state index contributed by atoms with van der Waals surface area (Å²) < 4.78 is 0. The maximum atomic E-state index is 12.4. The fourth-order valence-corrected chi connectivity index (χ4v) is 1.97. The van der Waals surface area contributed by atoms with E-state index in [4.69, 9.17) is 0 Å². The largest absolute Gasteiger partial charge is 0.481 e. The number of nitrogens with one attached hydrogen (secondary N) is 2. The number of carbonyl (C=O) groups excluding carboxylic acids is 1. The van der Waals surface area contributed by atoms with Crippen LogP contribution in [0.4, 0.5) is 0 Å². The van der Waals surface area contributed by atoms with Crippen molar-refractivity contribution in [2.75, 3.05) is 0 Å². The lowest BCUT2D eigenvalue weighted by Crippen LogP contribution is -2.56. The lowest BCUT2D eigenvalue weighted by Gasteiger charge is -2.38. The summed E-state index contributed by atoms with van der Waals surface area (Å²) in [5.41, 5.74) is -0.503. The van der Waals surface area contributed by atoms with Gasteiger partial charge in [0.05, 0.1) is 11.0 Å². The van der Waals surface area contributed by atoms with Gasteiger partial charge in [-0.25, -0.2) is 0 Å². The van der Waals surface area contributed by atoms with Crippen LogP contribution in [0.2, 0.25) is 0 Å². The van der Waals surface area contributed by atoms with E-state index in [1.165, 1.54) is 0 Å². The number of rotatable bonds is 4. The molecule has 5 heteroatoms. The molecule has 0 aliphatic carbocycles. The van der Waals surface area contributed by atoms with Gasteiger partial charge in [0.1, 0.15) is 0 Å². The number of hydrogen-bond donors (Lipinski definition) is 3. The van der Waals surface area contributed by atoms with Gasteiger partial charge < -0.3 is 15.4 Å². The molecule has 1 aromatic heterocycles. The van der Waals surface area contributed by atoms with E-state index in [1.807, 2.05) is 18.3 Å². The van der Waals surface area contributed by atoms with Crippen LogP contribution in [0.1, 0.15) is 38.1 Å². The Hall–Kier alpha value is -2.30. The third-order valence-corrected chi connectivity index (χ3v) is 4.34. The van der Waals surface area contributed by atoms with Crippen LogP contribution in [0, 0.1) is 5.41 Å². The second-order valence-corrected chi connectivity index (χ2v) is 6.29. The van der Waals surface area contributed by atoms with E-state index < -0.39 is 16.9 Å². The van der Waals surface area contributed by atoms with E-state index in [-0.39, 0.29) is 5.91 Å². The lowest BCUT2D eigenvalue weighted by molar-refractivity contribution is -0.150. The van der Waals surface area contributed by atoms with Gasteiger partial charge in [-0.3, -0.25) is 9.59 Å². The van der Waals surface area contributed by atoms with E-state index in [1.54, 1.807) is 39.8 Å². The highest BCUT2D eigenvalue weighted by Gasteiger charge is 2.44. The van der Waals surface area contributed by atoms with E-state index in [2.05, 4.69) is 10.3 Å². The van der Waals surface area contributed by atoms with Crippen molar-refractivity contribution in [2.45, 2.75) is 33.2 Å². The average Bonchev–Trinajstić information content (AvgIpc) is 2.84. The van der Waals surface area contributed by atoms with Crippen molar-refractivity contribution in [3.8, 4) is 0 Å². The molecule has 2 rings (SSSR count). The first-order valence-electron chi connectivity index (χ1n) is 6.78. The molecule has 0 saturated heterocycles. The Morgan fingerprint density at radius 1 is 1.14 bits per heavy atom. The van der Waals surface area contributed by atoms with Gasteiger partial charge in [-0.2, -0.15) is 0 Å². The zero-order chi connectivity index (χ0) is 15.8. The molecule has 0 aliphatic rings. The summed E-state index contributed by atoms with van der Waals surface area (Å²) in [5.74, 6) is -1.23. The second kappa shape index (κ2) is 4.91. The molecule has 0 radical (unpaired) electrons. The van der Waals surface area contributed by atoms with Crippen LogP contribution in [0.25, 0.3) is 10.9 Å². The first-order valence-corrected chi connectivity index (χ1v) is 6.78. The quantitative estimate of drug-likeness (QED) is 0.809. The minimum absolute atomic E-state index is 0.280. The summed E-state index contributed by atoms with van der Waals surface area (Å²) >= 11 is 0. The Bertz CT molecular complexity index is 698. The van der Waals surface area contributed by atoms with Crippen molar-refractivity contribution in [1.82, 2.24) is 10.3 Å². The molecule has 1 amide bonds. The molecule has 0 unspecified atom stereocenters. The van der Waals surface area contributed by atoms with Gasteiger partial charge >= 0.3 is 5.97 Å². The van der Waals surface area contributed by atoms with Crippen LogP contribution in [0.15, 0.2) is 30.5 Å². The van der Waals surface area contributed by atoms with Crippen LogP contribution in [-0.2, 0) is 4.79 Å². The van der Waals surface area contributed by atoms with Gasteiger partial charge in [-0.1, -0.05) is 0 Å². The summed E-state index contributed by atoms with van der Waals surface area (Å²) in [5, 5.41) is 13.1. The standard InChI is InChI=1S/C16H20N2O3/c1-15(2,14(20)21)16(3,4)18-13(19)11-5-6-12-10(9-11)7-8-17-12/h5-9,17H,1-4H3,(H,18,19)(H,20,21). The van der Waals surface area contributed by atoms with Crippen LogP contribution in [0.5, 0.6) is 0 Å². The van der Waals surface area contributed by atoms with E-state index in [0.717, 1.165) is 10.9 Å². The first kappa shape index (κ1) is 15.1. The molecule has 0 aliphatic heterocycles. The predicted octanol–water partition coefficient (Wildman–Crippen LogP) is 2.79. The maximum Gasteiger partial charge on any atom is 0.311 e. The number of carbonyl (C=O) groups is 2. The molecule has 0 atom stereocenters. The van der Waals surface area contributed by atoms with Gasteiger partial charge in [-0.15, -0.1) is 0 Å². The molecule has 5 nitrogen and oxygen atoms in total. The Morgan fingerprint density at radius 2 is 1.81 bits per heavy atom. The van der Waals surface area contributed by atoms with Crippen LogP contribution < -0.4 is 5.32 Å². The van der Waals surface area contributed by atoms with Gasteiger partial charge in [0.2, 0.25) is 0 Å². The number of aromatic amines is 1. The number of aromatic nitrogens is 1. The number of hydrogen-bond acceptors (Lipinski definition) is 2. The fourth-order valence-electron chi connectivity index (χ4n) is 1.97. The van der Waals surface area contributed by atoms with Crippen LogP contribution in [-0.4, -0.2) is 27.5 Å². The molecular formula is C16H20N2O3. The van der Waals surface area contributed by atoms with E-state index in [0.29, 0.717) is 5.56 Å². The summed E-state index contributed by atoms with van der Waals surface area (Å²) in [4.78, 5) is 26.8. The van der Waals surface area contributed by atoms with Gasteiger partial charge in [-0.05, 0) is 52.0 Å². The van der Waals surface area contributed by atoms with Crippen molar-refractivity contribution in [1.29, 1.82) is 0 Å². The highest BCUT2D eigenvalue weighted by atomic mass is 16.4. The summed E-state index contributed by atoms with van der Waals surface area (Å²) in [6.45, 7) is 6.64. The average molecular weight is 288 g/mol. The van der Waals surface area contributed by atoms with Crippen molar-refractivity contribution >= 4 is 22.8 Å². The highest BCUT2D eigenvalue weighted by molar-refractivity contribution is 5.98. The number of fused-ring (bicyclic) bond motifs is 1. The number of H-pyrrole nitrogens is 1. The number of carboxylic acids is 1. The zero-order valence-corrected chi connectivity index (χ0v) is 12.7. The fraction of sp³-hybridized carbons (Fsp3) is 0.375. The molecule has 21 heavy (non-hydrogen) atoms. The Balaban J connectivity index is 2.26. The molecule has 0 saturated carbocycles. The summed E-state index contributed by atoms with van der Waals surface area (Å²) in [6, 6.07) is 7.22. The van der Waals surface area contributed by atoms with Crippen LogP contribution in [0.3, 0.4) is 0 Å². The monoisotopic (exact) mass is 288 g/mol. The Labute approximate surface area is 123 Å². The molecule has 0 spiro atoms. The Morgan fingerprint density at radius 3 is 2.43 bits per heavy atom. The third-order valence-electron chi connectivity index (χ3n) is 4.34. The molecule has 1 heterocycles. The Kier molecular flexibility index (Phi) is 3.53. The van der Waals surface area contributed by atoms with Gasteiger partial charge in [0.15, 0.2) is 0 Å². The van der Waals surface area contributed by atoms with Gasteiger partial charge in [0, 0.05) is 22.7 Å². The van der Waals surface area contributed by atoms with Crippen molar-refractivity contribution in [3.63, 3.8) is 0 Å². The predicted molar refractivity (Wildman–Crippen MR) is 81.3 cm³/mol. The normalized spacial score (nSPS) is 12.4. The number of amides is 1. The summed E-state index contributed by atoms with van der Waals surface area (Å²) in [7, 11) is 0. The van der Waals surface area contributed by atoms with Crippen molar-refractivity contribution in [2.24, 2.45) is 5.41 Å². The number of carboxylic acid groups (broad SMARTS) is 1. The first-order chi connectivity index (χ1) is 9.65.